The number of halogens is 1. The number of benzene rings is 2. The normalized spacial score (nSPS) is 11.1. The molecule has 0 saturated carbocycles. The molecule has 0 unspecified atom stereocenters. The second kappa shape index (κ2) is 6.27. The van der Waals surface area contributed by atoms with E-state index in [1.165, 1.54) is 0 Å². The van der Waals surface area contributed by atoms with Crippen LogP contribution in [0.5, 0.6) is 0 Å². The van der Waals surface area contributed by atoms with Gasteiger partial charge in [0.2, 0.25) is 11.0 Å². The van der Waals surface area contributed by atoms with E-state index < -0.39 is 16.5 Å². The van der Waals surface area contributed by atoms with Gasteiger partial charge in [0.25, 0.3) is 10.5 Å². The third-order valence-corrected chi connectivity index (χ3v) is 3.28. The van der Waals surface area contributed by atoms with Gasteiger partial charge in [0, 0.05) is 12.1 Å². The van der Waals surface area contributed by atoms with Crippen LogP contribution in [-0.2, 0) is 17.6 Å². The predicted octanol–water partition coefficient (Wildman–Crippen LogP) is 1.93. The highest BCUT2D eigenvalue weighted by atomic mass is 32.3. The predicted molar refractivity (Wildman–Crippen MR) is 80.4 cm³/mol. The molecule has 0 aliphatic carbocycles. The summed E-state index contributed by atoms with van der Waals surface area (Å²) in [5.41, 5.74) is 2.22. The zero-order valence-electron chi connectivity index (χ0n) is 11.9. The maximum absolute atomic E-state index is 11.5. The first-order valence-electron chi connectivity index (χ1n) is 6.38. The van der Waals surface area contributed by atoms with Gasteiger partial charge in [-0.3, -0.25) is 0 Å². The Morgan fingerprint density at radius 3 is 1.74 bits per heavy atom. The first-order chi connectivity index (χ1) is 10.7. The van der Waals surface area contributed by atoms with Crippen molar-refractivity contribution in [1.29, 1.82) is 0 Å². The average molecular weight is 337 g/mol. The third-order valence-electron chi connectivity index (χ3n) is 3.28. The number of aromatic nitrogens is 1. The lowest BCUT2D eigenvalue weighted by Crippen LogP contribution is -2.31. The molecular formula is C15H12FNO5S. The number of aromatic carboxylic acids is 1. The third kappa shape index (κ3) is 3.79. The van der Waals surface area contributed by atoms with Gasteiger partial charge in [-0.1, -0.05) is 24.3 Å². The van der Waals surface area contributed by atoms with Crippen molar-refractivity contribution in [3.05, 3.63) is 54.1 Å². The van der Waals surface area contributed by atoms with E-state index in [0.717, 1.165) is 21.8 Å². The molecule has 3 aromatic rings. The van der Waals surface area contributed by atoms with E-state index >= 15 is 0 Å². The number of carboxylic acid groups (broad SMARTS) is 1. The molecule has 1 aromatic heterocycles. The van der Waals surface area contributed by atoms with Crippen LogP contribution in [0.15, 0.2) is 48.5 Å². The fourth-order valence-corrected chi connectivity index (χ4v) is 2.46. The van der Waals surface area contributed by atoms with Crippen LogP contribution in [-0.4, -0.2) is 24.0 Å². The van der Waals surface area contributed by atoms with E-state index in [2.05, 4.69) is 0 Å². The Bertz CT molecular complexity index is 936. The molecule has 3 rings (SSSR count). The first-order valence-corrected chi connectivity index (χ1v) is 7.69. The van der Waals surface area contributed by atoms with Gasteiger partial charge < -0.3 is 9.66 Å². The zero-order chi connectivity index (χ0) is 17.2. The van der Waals surface area contributed by atoms with Crippen LogP contribution in [0.1, 0.15) is 10.4 Å². The molecule has 8 heteroatoms. The number of hydrogen-bond donors (Lipinski definition) is 1. The summed E-state index contributed by atoms with van der Waals surface area (Å²) in [7, 11) is -3.46. The molecule has 0 aliphatic heterocycles. The molecule has 0 aliphatic rings. The SMILES string of the molecule is C[n+]1c2ccccc2c(C(=O)O)c2ccccc21.O=S(=O)([O-])F. The Kier molecular flexibility index (Phi) is 4.57. The number of aryl methyl sites for hydroxylation is 1. The summed E-state index contributed by atoms with van der Waals surface area (Å²) in [4.78, 5) is 11.5. The highest BCUT2D eigenvalue weighted by molar-refractivity contribution is 7.80. The Labute approximate surface area is 131 Å². The summed E-state index contributed by atoms with van der Waals surface area (Å²) in [6, 6.07) is 15.2. The molecule has 1 heterocycles. The molecule has 0 fully saturated rings. The largest absolute Gasteiger partial charge is 0.722 e. The van der Waals surface area contributed by atoms with E-state index in [9.17, 15) is 13.8 Å². The number of para-hydroxylation sites is 2. The summed E-state index contributed by atoms with van der Waals surface area (Å²) in [6.07, 6.45) is 0. The van der Waals surface area contributed by atoms with Crippen molar-refractivity contribution in [2.24, 2.45) is 7.05 Å². The smallest absolute Gasteiger partial charge is 0.337 e. The van der Waals surface area contributed by atoms with E-state index in [1.807, 2.05) is 60.1 Å². The number of nitrogens with zero attached hydrogens (tertiary/aromatic N) is 1. The summed E-state index contributed by atoms with van der Waals surface area (Å²) in [5.74, 6) is -0.886. The summed E-state index contributed by atoms with van der Waals surface area (Å²) >= 11 is 0. The molecule has 23 heavy (non-hydrogen) atoms. The van der Waals surface area contributed by atoms with Gasteiger partial charge in [-0.2, -0.15) is 4.57 Å². The summed E-state index contributed by atoms with van der Waals surface area (Å²) in [5, 5.41) is 11.0. The van der Waals surface area contributed by atoms with Crippen LogP contribution >= 0.6 is 0 Å². The summed E-state index contributed by atoms with van der Waals surface area (Å²) in [6.45, 7) is 0. The molecule has 120 valence electrons. The Balaban J connectivity index is 0.000000338. The van der Waals surface area contributed by atoms with Crippen molar-refractivity contribution in [3.8, 4) is 0 Å². The minimum atomic E-state index is -5.42. The lowest BCUT2D eigenvalue weighted by molar-refractivity contribution is -0.617. The van der Waals surface area contributed by atoms with Crippen molar-refractivity contribution < 1.29 is 31.3 Å². The van der Waals surface area contributed by atoms with Gasteiger partial charge in [0.05, 0.1) is 16.3 Å². The van der Waals surface area contributed by atoms with Crippen LogP contribution in [0.2, 0.25) is 0 Å². The molecule has 0 bridgehead atoms. The van der Waals surface area contributed by atoms with Crippen molar-refractivity contribution in [2.45, 2.75) is 0 Å². The number of rotatable bonds is 1. The van der Waals surface area contributed by atoms with Gasteiger partial charge >= 0.3 is 5.97 Å². The Morgan fingerprint density at radius 1 is 1.04 bits per heavy atom. The molecule has 0 saturated heterocycles. The highest BCUT2D eigenvalue weighted by Crippen LogP contribution is 2.24. The quantitative estimate of drug-likeness (QED) is 0.317. The molecule has 0 spiro atoms. The van der Waals surface area contributed by atoms with Gasteiger partial charge in [-0.05, 0) is 12.1 Å². The van der Waals surface area contributed by atoms with Crippen LogP contribution in [0.25, 0.3) is 21.8 Å². The fraction of sp³-hybridized carbons (Fsp3) is 0.0667. The highest BCUT2D eigenvalue weighted by Gasteiger charge is 2.20. The van der Waals surface area contributed by atoms with Crippen LogP contribution < -0.4 is 4.57 Å². The molecule has 0 atom stereocenters. The molecule has 0 radical (unpaired) electrons. The minimum Gasteiger partial charge on any atom is -0.722 e. The van der Waals surface area contributed by atoms with E-state index in [0.29, 0.717) is 5.56 Å². The first kappa shape index (κ1) is 16.8. The lowest BCUT2D eigenvalue weighted by atomic mass is 10.0. The monoisotopic (exact) mass is 337 g/mol. The molecule has 1 N–H and O–H groups in total. The van der Waals surface area contributed by atoms with Gasteiger partial charge in [-0.25, -0.2) is 13.2 Å². The maximum atomic E-state index is 11.5. The van der Waals surface area contributed by atoms with Crippen molar-refractivity contribution >= 4 is 38.3 Å². The second-order valence-electron chi connectivity index (χ2n) is 4.67. The number of hydrogen-bond acceptors (Lipinski definition) is 4. The Hall–Kier alpha value is -2.58. The van der Waals surface area contributed by atoms with Crippen LogP contribution in [0, 0.1) is 0 Å². The minimum absolute atomic E-state index is 0.374. The average Bonchev–Trinajstić information content (AvgIpc) is 2.46. The molecular weight excluding hydrogens is 325 g/mol. The second-order valence-corrected chi connectivity index (χ2v) is 5.45. The Morgan fingerprint density at radius 2 is 1.39 bits per heavy atom. The van der Waals surface area contributed by atoms with Crippen LogP contribution in [0.4, 0.5) is 3.89 Å². The molecule has 6 nitrogen and oxygen atoms in total. The van der Waals surface area contributed by atoms with E-state index in [1.54, 1.807) is 0 Å². The number of fused-ring (bicyclic) bond motifs is 2. The van der Waals surface area contributed by atoms with Gasteiger partial charge in [-0.15, -0.1) is 3.89 Å². The number of carboxylic acids is 1. The molecule has 0 amide bonds. The zero-order valence-corrected chi connectivity index (χ0v) is 12.7. The fourth-order valence-electron chi connectivity index (χ4n) is 2.46. The van der Waals surface area contributed by atoms with Gasteiger partial charge in [0.1, 0.15) is 7.05 Å². The standard InChI is InChI=1S/C15H11NO2.FHO3S/c1-16-12-8-4-2-6-10(12)14(15(17)18)11-7-3-5-9-13(11)16;1-5(2,3)4/h2-9H,1H3;(H,2,3,4). The maximum Gasteiger partial charge on any atom is 0.337 e. The van der Waals surface area contributed by atoms with E-state index in [4.69, 9.17) is 13.0 Å². The lowest BCUT2D eigenvalue weighted by Gasteiger charge is -2.06. The van der Waals surface area contributed by atoms with Crippen molar-refractivity contribution in [2.75, 3.05) is 0 Å². The van der Waals surface area contributed by atoms with E-state index in [-0.39, 0.29) is 0 Å². The van der Waals surface area contributed by atoms with Crippen LogP contribution in [0.3, 0.4) is 0 Å². The van der Waals surface area contributed by atoms with Crippen molar-refractivity contribution in [1.82, 2.24) is 0 Å². The number of pyridine rings is 1. The molecule has 2 aromatic carbocycles. The summed E-state index contributed by atoms with van der Waals surface area (Å²) < 4.78 is 37.4. The topological polar surface area (TPSA) is 98.4 Å². The van der Waals surface area contributed by atoms with Crippen molar-refractivity contribution in [3.63, 3.8) is 0 Å². The number of carbonyl (C=O) groups is 1. The van der Waals surface area contributed by atoms with Gasteiger partial charge in [0.15, 0.2) is 0 Å².